The summed E-state index contributed by atoms with van der Waals surface area (Å²) in [5.41, 5.74) is 7.00. The minimum atomic E-state index is 0.373. The molecule has 1 aliphatic rings. The molecule has 2 aromatic rings. The van der Waals surface area contributed by atoms with Crippen LogP contribution in [0.15, 0.2) is 42.5 Å². The van der Waals surface area contributed by atoms with Crippen molar-refractivity contribution in [1.29, 1.82) is 0 Å². The molecule has 19 heavy (non-hydrogen) atoms. The maximum absolute atomic E-state index is 3.64. The first-order chi connectivity index (χ1) is 9.15. The van der Waals surface area contributed by atoms with E-state index in [-0.39, 0.29) is 0 Å². The summed E-state index contributed by atoms with van der Waals surface area (Å²) in [6.45, 7) is 6.77. The fraction of sp³-hybridized carbons (Fsp3) is 0.333. The zero-order valence-electron chi connectivity index (χ0n) is 11.9. The first kappa shape index (κ1) is 12.3. The van der Waals surface area contributed by atoms with E-state index in [1.807, 2.05) is 0 Å². The SMILES string of the molecule is CC(C)c1ccc2c(c1)[C@H](C)Nc1ccccc1C2. The van der Waals surface area contributed by atoms with Crippen molar-refractivity contribution < 1.29 is 0 Å². The molecule has 0 aromatic heterocycles. The molecule has 1 aliphatic heterocycles. The van der Waals surface area contributed by atoms with Gasteiger partial charge in [0.15, 0.2) is 0 Å². The Kier molecular flexibility index (Phi) is 3.06. The lowest BCUT2D eigenvalue weighted by atomic mass is 9.92. The molecular weight excluding hydrogens is 230 g/mol. The summed E-state index contributed by atoms with van der Waals surface area (Å²) in [4.78, 5) is 0. The van der Waals surface area contributed by atoms with Crippen molar-refractivity contribution in [3.63, 3.8) is 0 Å². The van der Waals surface area contributed by atoms with Crippen molar-refractivity contribution >= 4 is 5.69 Å². The molecule has 0 fully saturated rings. The van der Waals surface area contributed by atoms with Crippen molar-refractivity contribution in [2.24, 2.45) is 0 Å². The van der Waals surface area contributed by atoms with Gasteiger partial charge in [0.2, 0.25) is 0 Å². The second-order valence-electron chi connectivity index (χ2n) is 5.81. The Morgan fingerprint density at radius 3 is 2.63 bits per heavy atom. The van der Waals surface area contributed by atoms with Gasteiger partial charge in [0.1, 0.15) is 0 Å². The van der Waals surface area contributed by atoms with Gasteiger partial charge in [0.05, 0.1) is 0 Å². The molecule has 0 amide bonds. The highest BCUT2D eigenvalue weighted by molar-refractivity contribution is 5.58. The number of hydrogen-bond donors (Lipinski definition) is 1. The van der Waals surface area contributed by atoms with Gasteiger partial charge < -0.3 is 5.32 Å². The maximum atomic E-state index is 3.64. The highest BCUT2D eigenvalue weighted by Gasteiger charge is 2.18. The van der Waals surface area contributed by atoms with E-state index in [9.17, 15) is 0 Å². The van der Waals surface area contributed by atoms with Crippen LogP contribution >= 0.6 is 0 Å². The van der Waals surface area contributed by atoms with Crippen molar-refractivity contribution in [2.75, 3.05) is 5.32 Å². The lowest BCUT2D eigenvalue weighted by Crippen LogP contribution is -2.07. The predicted octanol–water partition coefficient (Wildman–Crippen LogP) is 4.89. The monoisotopic (exact) mass is 251 g/mol. The average Bonchev–Trinajstić information content (AvgIpc) is 2.54. The first-order valence-corrected chi connectivity index (χ1v) is 7.12. The quantitative estimate of drug-likeness (QED) is 0.761. The summed E-state index contributed by atoms with van der Waals surface area (Å²) in [7, 11) is 0. The molecule has 0 aliphatic carbocycles. The number of rotatable bonds is 1. The van der Waals surface area contributed by atoms with Gasteiger partial charge in [-0.1, -0.05) is 50.2 Å². The fourth-order valence-corrected chi connectivity index (χ4v) is 2.87. The summed E-state index contributed by atoms with van der Waals surface area (Å²) in [5.74, 6) is 0.586. The summed E-state index contributed by atoms with van der Waals surface area (Å²) >= 11 is 0. The van der Waals surface area contributed by atoms with Crippen LogP contribution in [0.1, 0.15) is 55.0 Å². The zero-order valence-corrected chi connectivity index (χ0v) is 11.9. The Labute approximate surface area is 115 Å². The molecule has 3 rings (SSSR count). The number of anilines is 1. The van der Waals surface area contributed by atoms with E-state index in [4.69, 9.17) is 0 Å². The Hall–Kier alpha value is -1.76. The van der Waals surface area contributed by atoms with Crippen LogP contribution in [0.3, 0.4) is 0 Å². The van der Waals surface area contributed by atoms with E-state index in [1.165, 1.54) is 27.9 Å². The van der Waals surface area contributed by atoms with Crippen LogP contribution in [0.2, 0.25) is 0 Å². The molecule has 0 saturated heterocycles. The van der Waals surface area contributed by atoms with Crippen LogP contribution in [0, 0.1) is 0 Å². The molecule has 98 valence electrons. The van der Waals surface area contributed by atoms with Gasteiger partial charge in [-0.05, 0) is 47.6 Å². The molecule has 0 bridgehead atoms. The molecule has 1 N–H and O–H groups in total. The molecule has 1 heterocycles. The van der Waals surface area contributed by atoms with Gasteiger partial charge in [0.25, 0.3) is 0 Å². The Morgan fingerprint density at radius 2 is 1.84 bits per heavy atom. The zero-order chi connectivity index (χ0) is 13.4. The molecule has 0 saturated carbocycles. The second kappa shape index (κ2) is 4.73. The molecular formula is C18H21N. The Bertz CT molecular complexity index is 598. The molecule has 2 aromatic carbocycles. The second-order valence-corrected chi connectivity index (χ2v) is 5.81. The summed E-state index contributed by atoms with van der Waals surface area (Å²) in [5, 5.41) is 3.64. The number of nitrogens with one attached hydrogen (secondary N) is 1. The van der Waals surface area contributed by atoms with Gasteiger partial charge >= 0.3 is 0 Å². The third-order valence-electron chi connectivity index (χ3n) is 4.07. The van der Waals surface area contributed by atoms with Crippen molar-refractivity contribution in [3.05, 3.63) is 64.7 Å². The normalized spacial score (nSPS) is 17.4. The van der Waals surface area contributed by atoms with Gasteiger partial charge in [-0.3, -0.25) is 0 Å². The topological polar surface area (TPSA) is 12.0 Å². The van der Waals surface area contributed by atoms with E-state index in [0.29, 0.717) is 12.0 Å². The van der Waals surface area contributed by atoms with E-state index >= 15 is 0 Å². The van der Waals surface area contributed by atoms with Crippen LogP contribution in [0.25, 0.3) is 0 Å². The number of fused-ring (bicyclic) bond motifs is 2. The minimum absolute atomic E-state index is 0.373. The predicted molar refractivity (Wildman–Crippen MR) is 81.8 cm³/mol. The van der Waals surface area contributed by atoms with Crippen LogP contribution in [-0.4, -0.2) is 0 Å². The highest BCUT2D eigenvalue weighted by atomic mass is 14.9. The van der Waals surface area contributed by atoms with E-state index < -0.39 is 0 Å². The van der Waals surface area contributed by atoms with E-state index in [0.717, 1.165) is 6.42 Å². The summed E-state index contributed by atoms with van der Waals surface area (Å²) in [6.07, 6.45) is 1.03. The van der Waals surface area contributed by atoms with Crippen molar-refractivity contribution in [3.8, 4) is 0 Å². The molecule has 0 spiro atoms. The third-order valence-corrected chi connectivity index (χ3v) is 4.07. The highest BCUT2D eigenvalue weighted by Crippen LogP contribution is 2.33. The lowest BCUT2D eigenvalue weighted by molar-refractivity contribution is 0.838. The smallest absolute Gasteiger partial charge is 0.0488 e. The van der Waals surface area contributed by atoms with E-state index in [1.54, 1.807) is 0 Å². The fourth-order valence-electron chi connectivity index (χ4n) is 2.87. The minimum Gasteiger partial charge on any atom is -0.378 e. The third kappa shape index (κ3) is 2.25. The molecule has 1 heteroatoms. The number of benzene rings is 2. The molecule has 0 radical (unpaired) electrons. The van der Waals surface area contributed by atoms with Crippen molar-refractivity contribution in [2.45, 2.75) is 39.2 Å². The average molecular weight is 251 g/mol. The Morgan fingerprint density at radius 1 is 1.05 bits per heavy atom. The van der Waals surface area contributed by atoms with Crippen LogP contribution < -0.4 is 5.32 Å². The molecule has 1 atom stereocenters. The van der Waals surface area contributed by atoms with Crippen LogP contribution in [0.4, 0.5) is 5.69 Å². The molecule has 1 nitrogen and oxygen atoms in total. The molecule has 0 unspecified atom stereocenters. The van der Waals surface area contributed by atoms with Crippen LogP contribution in [-0.2, 0) is 6.42 Å². The van der Waals surface area contributed by atoms with Gasteiger partial charge in [-0.15, -0.1) is 0 Å². The standard InChI is InChI=1S/C18H21N/c1-12(2)14-8-9-15-10-16-6-4-5-7-18(16)19-13(3)17(15)11-14/h4-9,11-13,19H,10H2,1-3H3/t13-/m0/s1. The van der Waals surface area contributed by atoms with Gasteiger partial charge in [0, 0.05) is 11.7 Å². The lowest BCUT2D eigenvalue weighted by Gasteiger charge is -2.17. The maximum Gasteiger partial charge on any atom is 0.0488 e. The van der Waals surface area contributed by atoms with Gasteiger partial charge in [-0.2, -0.15) is 0 Å². The Balaban J connectivity index is 2.08. The van der Waals surface area contributed by atoms with Gasteiger partial charge in [-0.25, -0.2) is 0 Å². The first-order valence-electron chi connectivity index (χ1n) is 7.12. The van der Waals surface area contributed by atoms with Crippen LogP contribution in [0.5, 0.6) is 0 Å². The summed E-state index contributed by atoms with van der Waals surface area (Å²) < 4.78 is 0. The number of para-hydroxylation sites is 1. The number of hydrogen-bond acceptors (Lipinski definition) is 1. The summed E-state index contributed by atoms with van der Waals surface area (Å²) in [6, 6.07) is 16.0. The largest absolute Gasteiger partial charge is 0.378 e. The van der Waals surface area contributed by atoms with E-state index in [2.05, 4.69) is 68.6 Å². The van der Waals surface area contributed by atoms with Crippen molar-refractivity contribution in [1.82, 2.24) is 0 Å².